The van der Waals surface area contributed by atoms with Crippen molar-refractivity contribution < 1.29 is 9.59 Å². The third-order valence-corrected chi connectivity index (χ3v) is 3.99. The largest absolute Gasteiger partial charge is 0.322 e. The van der Waals surface area contributed by atoms with Crippen molar-refractivity contribution in [1.29, 1.82) is 0 Å². The molecule has 0 aliphatic rings. The van der Waals surface area contributed by atoms with E-state index in [4.69, 9.17) is 0 Å². The van der Waals surface area contributed by atoms with Crippen LogP contribution in [0.15, 0.2) is 77.7 Å². The van der Waals surface area contributed by atoms with Crippen molar-refractivity contribution in [3.8, 4) is 0 Å². The first-order chi connectivity index (χ1) is 12.5. The summed E-state index contributed by atoms with van der Waals surface area (Å²) in [6.45, 7) is 1.89. The molecule has 0 bridgehead atoms. The van der Waals surface area contributed by atoms with Gasteiger partial charge in [-0.25, -0.2) is 0 Å². The maximum atomic E-state index is 12.5. The van der Waals surface area contributed by atoms with E-state index < -0.39 is 0 Å². The Kier molecular flexibility index (Phi) is 5.08. The van der Waals surface area contributed by atoms with Crippen molar-refractivity contribution in [3.63, 3.8) is 0 Å². The molecule has 3 rings (SSSR count). The molecule has 1 N–H and O–H groups in total. The second-order valence-electron chi connectivity index (χ2n) is 5.96. The van der Waals surface area contributed by atoms with Gasteiger partial charge in [0.25, 0.3) is 11.5 Å². The number of carbonyl (C=O) groups excluding carboxylic acids is 2. The Labute approximate surface area is 150 Å². The van der Waals surface area contributed by atoms with E-state index in [-0.39, 0.29) is 17.2 Å². The van der Waals surface area contributed by atoms with Gasteiger partial charge in [0, 0.05) is 23.5 Å². The van der Waals surface area contributed by atoms with Crippen LogP contribution in [0.1, 0.15) is 33.2 Å². The van der Waals surface area contributed by atoms with Gasteiger partial charge in [0.2, 0.25) is 0 Å². The van der Waals surface area contributed by atoms with E-state index in [1.807, 2.05) is 30.3 Å². The number of hydrogen-bond donors (Lipinski definition) is 1. The van der Waals surface area contributed by atoms with Crippen LogP contribution < -0.4 is 10.9 Å². The fraction of sp³-hybridized carbons (Fsp3) is 0.0952. The number of pyridine rings is 1. The molecule has 0 aliphatic carbocycles. The molecule has 5 heteroatoms. The van der Waals surface area contributed by atoms with Gasteiger partial charge in [-0.2, -0.15) is 0 Å². The van der Waals surface area contributed by atoms with Crippen molar-refractivity contribution >= 4 is 17.4 Å². The van der Waals surface area contributed by atoms with Crippen molar-refractivity contribution in [2.45, 2.75) is 13.5 Å². The highest BCUT2D eigenvalue weighted by atomic mass is 16.2. The van der Waals surface area contributed by atoms with Gasteiger partial charge < -0.3 is 9.88 Å². The number of nitrogens with zero attached hydrogens (tertiary/aromatic N) is 1. The molecule has 26 heavy (non-hydrogen) atoms. The molecule has 0 spiro atoms. The molecule has 0 atom stereocenters. The molecule has 2 aromatic carbocycles. The van der Waals surface area contributed by atoms with E-state index in [1.165, 1.54) is 23.6 Å². The third kappa shape index (κ3) is 4.13. The molecular weight excluding hydrogens is 328 g/mol. The van der Waals surface area contributed by atoms with Gasteiger partial charge in [-0.1, -0.05) is 30.3 Å². The predicted molar refractivity (Wildman–Crippen MR) is 101 cm³/mol. The lowest BCUT2D eigenvalue weighted by Crippen LogP contribution is -2.22. The monoisotopic (exact) mass is 346 g/mol. The molecule has 5 nitrogen and oxygen atoms in total. The second kappa shape index (κ2) is 7.61. The molecule has 0 saturated heterocycles. The number of ketones is 1. The summed E-state index contributed by atoms with van der Waals surface area (Å²) in [6, 6.07) is 19.1. The second-order valence-corrected chi connectivity index (χ2v) is 5.96. The molecule has 0 fully saturated rings. The number of rotatable bonds is 5. The minimum absolute atomic E-state index is 0.0316. The van der Waals surface area contributed by atoms with Gasteiger partial charge in [0.15, 0.2) is 5.78 Å². The minimum atomic E-state index is -0.317. The van der Waals surface area contributed by atoms with Crippen molar-refractivity contribution in [1.82, 2.24) is 4.57 Å². The van der Waals surface area contributed by atoms with Gasteiger partial charge >= 0.3 is 0 Å². The summed E-state index contributed by atoms with van der Waals surface area (Å²) >= 11 is 0. The number of nitrogens with one attached hydrogen (secondary N) is 1. The van der Waals surface area contributed by atoms with E-state index in [0.717, 1.165) is 5.56 Å². The molecule has 0 saturated carbocycles. The third-order valence-electron chi connectivity index (χ3n) is 3.99. The van der Waals surface area contributed by atoms with Crippen molar-refractivity contribution in [3.05, 3.63) is 100.0 Å². The standard InChI is InChI=1S/C21H18N2O3/c1-15(24)17-7-10-19(11-8-17)22-21(26)18-9-12-20(25)23(14-18)13-16-5-3-2-4-6-16/h2-12,14H,13H2,1H3,(H,22,26). The number of carbonyl (C=O) groups is 2. The average Bonchev–Trinajstić information content (AvgIpc) is 2.65. The number of amides is 1. The summed E-state index contributed by atoms with van der Waals surface area (Å²) in [7, 11) is 0. The molecule has 0 radical (unpaired) electrons. The van der Waals surface area contributed by atoms with Crippen LogP contribution in [0.2, 0.25) is 0 Å². The summed E-state index contributed by atoms with van der Waals surface area (Å²) in [4.78, 5) is 35.8. The summed E-state index contributed by atoms with van der Waals surface area (Å²) in [5.41, 5.74) is 2.36. The number of Topliss-reactive ketones (excluding diaryl/α,β-unsaturated/α-hetero) is 1. The Morgan fingerprint density at radius 3 is 2.19 bits per heavy atom. The van der Waals surface area contributed by atoms with Crippen LogP contribution in [0.4, 0.5) is 5.69 Å². The molecule has 3 aromatic rings. The smallest absolute Gasteiger partial charge is 0.257 e. The lowest BCUT2D eigenvalue weighted by Gasteiger charge is -2.09. The summed E-state index contributed by atoms with van der Waals surface area (Å²) in [5.74, 6) is -0.349. The zero-order valence-electron chi connectivity index (χ0n) is 14.3. The van der Waals surface area contributed by atoms with Gasteiger partial charge in [-0.05, 0) is 42.8 Å². The molecule has 1 heterocycles. The van der Waals surface area contributed by atoms with E-state index in [1.54, 1.807) is 30.5 Å². The Morgan fingerprint density at radius 2 is 1.54 bits per heavy atom. The lowest BCUT2D eigenvalue weighted by molar-refractivity contribution is 0.101. The van der Waals surface area contributed by atoms with Gasteiger partial charge in [0.1, 0.15) is 0 Å². The molecule has 130 valence electrons. The number of aromatic nitrogens is 1. The summed E-state index contributed by atoms with van der Waals surface area (Å²) in [5, 5.41) is 2.77. The fourth-order valence-electron chi connectivity index (χ4n) is 2.56. The Morgan fingerprint density at radius 1 is 0.885 bits per heavy atom. The van der Waals surface area contributed by atoms with Crippen LogP contribution in [0.5, 0.6) is 0 Å². The normalized spacial score (nSPS) is 10.3. The Balaban J connectivity index is 1.78. The SMILES string of the molecule is CC(=O)c1ccc(NC(=O)c2ccc(=O)n(Cc3ccccc3)c2)cc1. The highest BCUT2D eigenvalue weighted by Gasteiger charge is 2.09. The van der Waals surface area contributed by atoms with Crippen molar-refractivity contribution in [2.75, 3.05) is 5.32 Å². The van der Waals surface area contributed by atoms with Crippen LogP contribution in [0.25, 0.3) is 0 Å². The predicted octanol–water partition coefficient (Wildman–Crippen LogP) is 3.35. The van der Waals surface area contributed by atoms with Crippen LogP contribution in [0, 0.1) is 0 Å². The van der Waals surface area contributed by atoms with Crippen LogP contribution in [-0.4, -0.2) is 16.3 Å². The van der Waals surface area contributed by atoms with Crippen molar-refractivity contribution in [2.24, 2.45) is 0 Å². The number of anilines is 1. The topological polar surface area (TPSA) is 68.2 Å². The average molecular weight is 346 g/mol. The maximum absolute atomic E-state index is 12.5. The van der Waals surface area contributed by atoms with Crippen LogP contribution in [0.3, 0.4) is 0 Å². The summed E-state index contributed by atoms with van der Waals surface area (Å²) < 4.78 is 1.50. The van der Waals surface area contributed by atoms with Gasteiger partial charge in [-0.3, -0.25) is 14.4 Å². The molecule has 0 unspecified atom stereocenters. The number of benzene rings is 2. The van der Waals surface area contributed by atoms with Crippen LogP contribution in [-0.2, 0) is 6.54 Å². The Hall–Kier alpha value is -3.47. The van der Waals surface area contributed by atoms with Gasteiger partial charge in [-0.15, -0.1) is 0 Å². The van der Waals surface area contributed by atoms with E-state index in [0.29, 0.717) is 23.4 Å². The van der Waals surface area contributed by atoms with Crippen LogP contribution >= 0.6 is 0 Å². The van der Waals surface area contributed by atoms with Gasteiger partial charge in [0.05, 0.1) is 12.1 Å². The molecule has 1 amide bonds. The van der Waals surface area contributed by atoms with E-state index in [9.17, 15) is 14.4 Å². The molecular formula is C21H18N2O3. The van der Waals surface area contributed by atoms with E-state index >= 15 is 0 Å². The highest BCUT2D eigenvalue weighted by molar-refractivity contribution is 6.04. The lowest BCUT2D eigenvalue weighted by atomic mass is 10.1. The number of hydrogen-bond acceptors (Lipinski definition) is 3. The zero-order chi connectivity index (χ0) is 18.5. The Bertz CT molecular complexity index is 990. The first-order valence-corrected chi connectivity index (χ1v) is 8.20. The fourth-order valence-corrected chi connectivity index (χ4v) is 2.56. The minimum Gasteiger partial charge on any atom is -0.322 e. The first-order valence-electron chi connectivity index (χ1n) is 8.20. The maximum Gasteiger partial charge on any atom is 0.257 e. The molecule has 0 aliphatic heterocycles. The quantitative estimate of drug-likeness (QED) is 0.720. The van der Waals surface area contributed by atoms with E-state index in [2.05, 4.69) is 5.32 Å². The molecule has 1 aromatic heterocycles. The first kappa shape index (κ1) is 17.4. The highest BCUT2D eigenvalue weighted by Crippen LogP contribution is 2.12. The summed E-state index contributed by atoms with van der Waals surface area (Å²) in [6.07, 6.45) is 1.55. The zero-order valence-corrected chi connectivity index (χ0v) is 14.3.